The number of rotatable bonds is 5. The number of hydrogen-bond donors (Lipinski definition) is 1. The van der Waals surface area contributed by atoms with Gasteiger partial charge in [0.05, 0.1) is 6.04 Å². The summed E-state index contributed by atoms with van der Waals surface area (Å²) in [6.45, 7) is 7.07. The van der Waals surface area contributed by atoms with Crippen molar-refractivity contribution in [3.05, 3.63) is 47.5 Å². The molecule has 2 rings (SSSR count). The van der Waals surface area contributed by atoms with Gasteiger partial charge < -0.3 is 9.73 Å². The molecule has 2 aromatic rings. The van der Waals surface area contributed by atoms with E-state index < -0.39 is 0 Å². The Morgan fingerprint density at radius 2 is 2.05 bits per heavy atom. The number of furan rings is 1. The maximum absolute atomic E-state index is 13.1. The predicted octanol–water partition coefficient (Wildman–Crippen LogP) is 4.45. The Bertz CT molecular complexity index is 547. The molecule has 0 radical (unpaired) electrons. The van der Waals surface area contributed by atoms with Gasteiger partial charge in [0.15, 0.2) is 0 Å². The SMILES string of the molecule is CCCNC(C)c1ccc(-c2ccc(F)cc2C)o1. The van der Waals surface area contributed by atoms with Crippen molar-refractivity contribution >= 4 is 0 Å². The Morgan fingerprint density at radius 1 is 1.26 bits per heavy atom. The predicted molar refractivity (Wildman–Crippen MR) is 75.5 cm³/mol. The summed E-state index contributed by atoms with van der Waals surface area (Å²) in [6, 6.07) is 8.86. The maximum atomic E-state index is 13.1. The van der Waals surface area contributed by atoms with Crippen molar-refractivity contribution in [2.24, 2.45) is 0 Å². The molecule has 1 unspecified atom stereocenters. The van der Waals surface area contributed by atoms with Crippen LogP contribution in [0.2, 0.25) is 0 Å². The van der Waals surface area contributed by atoms with Crippen LogP contribution in [0.5, 0.6) is 0 Å². The Labute approximate surface area is 113 Å². The van der Waals surface area contributed by atoms with Crippen molar-refractivity contribution in [1.82, 2.24) is 5.32 Å². The highest BCUT2D eigenvalue weighted by atomic mass is 19.1. The summed E-state index contributed by atoms with van der Waals surface area (Å²) in [4.78, 5) is 0. The third kappa shape index (κ3) is 3.24. The van der Waals surface area contributed by atoms with Crippen LogP contribution < -0.4 is 5.32 Å². The molecule has 1 heterocycles. The number of benzene rings is 1. The summed E-state index contributed by atoms with van der Waals surface area (Å²) in [5, 5.41) is 3.38. The summed E-state index contributed by atoms with van der Waals surface area (Å²) in [5.41, 5.74) is 1.82. The fourth-order valence-electron chi connectivity index (χ4n) is 2.10. The van der Waals surface area contributed by atoms with Crippen molar-refractivity contribution in [1.29, 1.82) is 0 Å². The number of nitrogens with one attached hydrogen (secondary N) is 1. The molecule has 0 amide bonds. The fraction of sp³-hybridized carbons (Fsp3) is 0.375. The molecule has 0 aliphatic heterocycles. The van der Waals surface area contributed by atoms with Gasteiger partial charge in [-0.2, -0.15) is 0 Å². The normalized spacial score (nSPS) is 12.6. The molecule has 1 N–H and O–H groups in total. The van der Waals surface area contributed by atoms with Gasteiger partial charge in [0.25, 0.3) is 0 Å². The molecule has 1 aromatic carbocycles. The molecule has 2 nitrogen and oxygen atoms in total. The van der Waals surface area contributed by atoms with Gasteiger partial charge in [-0.05, 0) is 62.7 Å². The van der Waals surface area contributed by atoms with E-state index in [1.165, 1.54) is 12.1 Å². The van der Waals surface area contributed by atoms with Crippen molar-refractivity contribution < 1.29 is 8.81 Å². The van der Waals surface area contributed by atoms with E-state index >= 15 is 0 Å². The van der Waals surface area contributed by atoms with Crippen LogP contribution in [0, 0.1) is 12.7 Å². The third-order valence-electron chi connectivity index (χ3n) is 3.21. The van der Waals surface area contributed by atoms with Crippen LogP contribution in [0.3, 0.4) is 0 Å². The zero-order chi connectivity index (χ0) is 13.8. The Balaban J connectivity index is 2.20. The molecule has 0 spiro atoms. The number of hydrogen-bond acceptors (Lipinski definition) is 2. The minimum absolute atomic E-state index is 0.189. The van der Waals surface area contributed by atoms with E-state index in [0.29, 0.717) is 0 Å². The van der Waals surface area contributed by atoms with Crippen LogP contribution in [0.1, 0.15) is 37.6 Å². The third-order valence-corrected chi connectivity index (χ3v) is 3.21. The van der Waals surface area contributed by atoms with E-state index in [-0.39, 0.29) is 11.9 Å². The lowest BCUT2D eigenvalue weighted by Gasteiger charge is -2.10. The lowest BCUT2D eigenvalue weighted by molar-refractivity contribution is 0.438. The maximum Gasteiger partial charge on any atom is 0.134 e. The zero-order valence-corrected chi connectivity index (χ0v) is 11.7. The smallest absolute Gasteiger partial charge is 0.134 e. The first-order chi connectivity index (χ1) is 9.11. The molecule has 1 atom stereocenters. The van der Waals surface area contributed by atoms with Crippen LogP contribution >= 0.6 is 0 Å². The van der Waals surface area contributed by atoms with E-state index in [2.05, 4.69) is 19.2 Å². The first-order valence-electron chi connectivity index (χ1n) is 6.71. The van der Waals surface area contributed by atoms with Gasteiger partial charge in [-0.3, -0.25) is 0 Å². The monoisotopic (exact) mass is 261 g/mol. The molecular formula is C16H20FNO. The quantitative estimate of drug-likeness (QED) is 0.860. The average Bonchev–Trinajstić information content (AvgIpc) is 2.85. The molecule has 0 fully saturated rings. The fourth-order valence-corrected chi connectivity index (χ4v) is 2.10. The summed E-state index contributed by atoms with van der Waals surface area (Å²) in [6.07, 6.45) is 1.09. The van der Waals surface area contributed by atoms with Crippen molar-refractivity contribution in [3.63, 3.8) is 0 Å². The van der Waals surface area contributed by atoms with Crippen LogP contribution in [-0.4, -0.2) is 6.54 Å². The van der Waals surface area contributed by atoms with Crippen molar-refractivity contribution in [3.8, 4) is 11.3 Å². The minimum atomic E-state index is -0.217. The van der Waals surface area contributed by atoms with Gasteiger partial charge in [0.2, 0.25) is 0 Å². The molecule has 0 saturated carbocycles. The van der Waals surface area contributed by atoms with Crippen LogP contribution in [0.25, 0.3) is 11.3 Å². The first kappa shape index (κ1) is 13.8. The van der Waals surface area contributed by atoms with E-state index in [4.69, 9.17) is 4.42 Å². The van der Waals surface area contributed by atoms with Gasteiger partial charge in [0, 0.05) is 5.56 Å². The minimum Gasteiger partial charge on any atom is -0.459 e. The highest BCUT2D eigenvalue weighted by Crippen LogP contribution is 2.28. The van der Waals surface area contributed by atoms with Crippen molar-refractivity contribution in [2.75, 3.05) is 6.54 Å². The number of halogens is 1. The molecule has 1 aromatic heterocycles. The highest BCUT2D eigenvalue weighted by molar-refractivity contribution is 5.62. The Morgan fingerprint density at radius 3 is 2.74 bits per heavy atom. The summed E-state index contributed by atoms with van der Waals surface area (Å²) < 4.78 is 19.0. The van der Waals surface area contributed by atoms with Gasteiger partial charge in [0.1, 0.15) is 17.3 Å². The highest BCUT2D eigenvalue weighted by Gasteiger charge is 2.12. The first-order valence-corrected chi connectivity index (χ1v) is 6.71. The summed E-state index contributed by atoms with van der Waals surface area (Å²) in [5.74, 6) is 1.48. The van der Waals surface area contributed by atoms with E-state index in [9.17, 15) is 4.39 Å². The molecule has 102 valence electrons. The van der Waals surface area contributed by atoms with Crippen LogP contribution in [0.4, 0.5) is 4.39 Å². The second-order valence-corrected chi connectivity index (χ2v) is 4.84. The molecule has 0 saturated heterocycles. The largest absolute Gasteiger partial charge is 0.459 e. The van der Waals surface area contributed by atoms with Crippen LogP contribution in [-0.2, 0) is 0 Å². The lowest BCUT2D eigenvalue weighted by atomic mass is 10.1. The lowest BCUT2D eigenvalue weighted by Crippen LogP contribution is -2.18. The second-order valence-electron chi connectivity index (χ2n) is 4.84. The van der Waals surface area contributed by atoms with E-state index in [1.807, 2.05) is 19.1 Å². The molecule has 0 bridgehead atoms. The van der Waals surface area contributed by atoms with Gasteiger partial charge in [-0.1, -0.05) is 6.92 Å². The molecular weight excluding hydrogens is 241 g/mol. The van der Waals surface area contributed by atoms with Crippen molar-refractivity contribution in [2.45, 2.75) is 33.2 Å². The van der Waals surface area contributed by atoms with Crippen LogP contribution in [0.15, 0.2) is 34.7 Å². The second kappa shape index (κ2) is 6.02. The molecule has 0 aliphatic carbocycles. The number of aryl methyl sites for hydroxylation is 1. The van der Waals surface area contributed by atoms with Gasteiger partial charge >= 0.3 is 0 Å². The molecule has 3 heteroatoms. The summed E-state index contributed by atoms with van der Waals surface area (Å²) in [7, 11) is 0. The van der Waals surface area contributed by atoms with Gasteiger partial charge in [-0.15, -0.1) is 0 Å². The van der Waals surface area contributed by atoms with Gasteiger partial charge in [-0.25, -0.2) is 4.39 Å². The Kier molecular flexibility index (Phi) is 4.38. The van der Waals surface area contributed by atoms with E-state index in [0.717, 1.165) is 35.6 Å². The molecule has 0 aliphatic rings. The zero-order valence-electron chi connectivity index (χ0n) is 11.7. The standard InChI is InChI=1S/C16H20FNO/c1-4-9-18-12(3)15-7-8-16(19-15)14-6-5-13(17)10-11(14)2/h5-8,10,12,18H,4,9H2,1-3H3. The Hall–Kier alpha value is -1.61. The summed E-state index contributed by atoms with van der Waals surface area (Å²) >= 11 is 0. The molecule has 19 heavy (non-hydrogen) atoms. The topological polar surface area (TPSA) is 25.2 Å². The average molecular weight is 261 g/mol. The van der Waals surface area contributed by atoms with E-state index in [1.54, 1.807) is 6.07 Å².